The minimum Gasteiger partial charge on any atom is -0.276 e. The van der Waals surface area contributed by atoms with E-state index in [1.54, 1.807) is 19.1 Å². The summed E-state index contributed by atoms with van der Waals surface area (Å²) in [6, 6.07) is 6.83. The first-order valence-corrected chi connectivity index (χ1v) is 8.56. The van der Waals surface area contributed by atoms with Crippen LogP contribution in [0.4, 0.5) is 0 Å². The maximum absolute atomic E-state index is 12.2. The number of hydrogen-bond donors (Lipinski definition) is 2. The summed E-state index contributed by atoms with van der Waals surface area (Å²) < 4.78 is 26.0. The van der Waals surface area contributed by atoms with Crippen LogP contribution < -0.4 is 10.3 Å². The van der Waals surface area contributed by atoms with Crippen molar-refractivity contribution in [3.8, 4) is 0 Å². The third-order valence-corrected chi connectivity index (χ3v) is 4.75. The van der Waals surface area contributed by atoms with Crippen molar-refractivity contribution in [2.24, 2.45) is 0 Å². The van der Waals surface area contributed by atoms with Crippen LogP contribution in [0, 0.1) is 27.7 Å². The Balaban J connectivity index is 2.04. The number of sulfonamides is 1. The van der Waals surface area contributed by atoms with Crippen molar-refractivity contribution in [3.05, 3.63) is 46.8 Å². The quantitative estimate of drug-likeness (QED) is 0.800. The van der Waals surface area contributed by atoms with Gasteiger partial charge >= 0.3 is 0 Å². The second-order valence-electron chi connectivity index (χ2n) is 5.51. The smallest absolute Gasteiger partial charge is 0.257 e. The van der Waals surface area contributed by atoms with Gasteiger partial charge in [-0.1, -0.05) is 17.7 Å². The third-order valence-electron chi connectivity index (χ3n) is 3.34. The van der Waals surface area contributed by atoms with Crippen molar-refractivity contribution in [1.82, 2.24) is 20.0 Å². The topological polar surface area (TPSA) is 93.1 Å². The second kappa shape index (κ2) is 6.51. The molecular formula is C15H20N4O3S. The summed E-state index contributed by atoms with van der Waals surface area (Å²) in [6.07, 6.45) is 0. The van der Waals surface area contributed by atoms with E-state index in [2.05, 4.69) is 15.4 Å². The van der Waals surface area contributed by atoms with Crippen molar-refractivity contribution in [3.63, 3.8) is 0 Å². The van der Waals surface area contributed by atoms with Crippen LogP contribution >= 0.6 is 0 Å². The maximum atomic E-state index is 12.2. The summed E-state index contributed by atoms with van der Waals surface area (Å²) in [6.45, 7) is 7.18. The van der Waals surface area contributed by atoms with Gasteiger partial charge in [0.25, 0.3) is 15.9 Å². The number of aryl methyl sites for hydroxylation is 4. The van der Waals surface area contributed by atoms with Crippen LogP contribution in [-0.4, -0.2) is 24.1 Å². The molecule has 0 spiro atoms. The first-order valence-electron chi connectivity index (χ1n) is 7.08. The number of aromatic nitrogens is 2. The normalized spacial score (nSPS) is 11.5. The molecule has 8 heteroatoms. The Morgan fingerprint density at radius 1 is 1.17 bits per heavy atom. The van der Waals surface area contributed by atoms with E-state index in [1.165, 1.54) is 10.7 Å². The molecule has 0 aliphatic carbocycles. The van der Waals surface area contributed by atoms with E-state index >= 15 is 0 Å². The van der Waals surface area contributed by atoms with Crippen molar-refractivity contribution in [2.45, 2.75) is 39.1 Å². The molecule has 1 heterocycles. The van der Waals surface area contributed by atoms with Crippen molar-refractivity contribution in [2.75, 3.05) is 0 Å². The molecule has 0 radical (unpaired) electrons. The summed E-state index contributed by atoms with van der Waals surface area (Å²) in [7, 11) is -3.81. The predicted molar refractivity (Wildman–Crippen MR) is 86.1 cm³/mol. The lowest BCUT2D eigenvalue weighted by atomic mass is 10.2. The number of nitrogens with one attached hydrogen (secondary N) is 2. The first-order chi connectivity index (χ1) is 10.7. The lowest BCUT2D eigenvalue weighted by Gasteiger charge is -2.11. The van der Waals surface area contributed by atoms with Crippen molar-refractivity contribution < 1.29 is 13.2 Å². The highest BCUT2D eigenvalue weighted by molar-refractivity contribution is 7.89. The zero-order chi connectivity index (χ0) is 17.2. The van der Waals surface area contributed by atoms with Crippen LogP contribution in [0.2, 0.25) is 0 Å². The molecule has 0 unspecified atom stereocenters. The number of carbonyl (C=O) groups is 1. The summed E-state index contributed by atoms with van der Waals surface area (Å²) in [5.41, 5.74) is 5.42. The number of hydrogen-bond acceptors (Lipinski definition) is 4. The second-order valence-corrected chi connectivity index (χ2v) is 7.16. The van der Waals surface area contributed by atoms with E-state index in [1.807, 2.05) is 26.8 Å². The minimum absolute atomic E-state index is 0.0604. The number of rotatable bonds is 5. The predicted octanol–water partition coefficient (Wildman–Crippen LogP) is 1.13. The van der Waals surface area contributed by atoms with Gasteiger partial charge in [-0.25, -0.2) is 8.42 Å². The molecule has 1 amide bonds. The lowest BCUT2D eigenvalue weighted by molar-refractivity contribution is -0.122. The van der Waals surface area contributed by atoms with Gasteiger partial charge in [0.1, 0.15) is 6.54 Å². The molecule has 1 aromatic carbocycles. The molecule has 0 aliphatic heterocycles. The Labute approximate surface area is 135 Å². The van der Waals surface area contributed by atoms with Gasteiger partial charge in [-0.15, -0.1) is 4.83 Å². The van der Waals surface area contributed by atoms with Gasteiger partial charge in [0.15, 0.2) is 0 Å². The minimum atomic E-state index is -3.81. The number of carbonyl (C=O) groups excluding carboxylic acids is 1. The van der Waals surface area contributed by atoms with E-state index in [0.29, 0.717) is 5.56 Å². The van der Waals surface area contributed by atoms with Crippen LogP contribution in [0.3, 0.4) is 0 Å². The highest BCUT2D eigenvalue weighted by atomic mass is 32.2. The zero-order valence-electron chi connectivity index (χ0n) is 13.5. The lowest BCUT2D eigenvalue weighted by Crippen LogP contribution is -2.43. The number of benzene rings is 1. The molecule has 1 aromatic heterocycles. The molecule has 0 saturated carbocycles. The fraction of sp³-hybridized carbons (Fsp3) is 0.333. The molecule has 23 heavy (non-hydrogen) atoms. The average Bonchev–Trinajstić information content (AvgIpc) is 2.74. The molecule has 2 aromatic rings. The summed E-state index contributed by atoms with van der Waals surface area (Å²) in [4.78, 5) is 14.1. The van der Waals surface area contributed by atoms with Crippen molar-refractivity contribution >= 4 is 15.9 Å². The van der Waals surface area contributed by atoms with E-state index in [-0.39, 0.29) is 11.4 Å². The van der Waals surface area contributed by atoms with Gasteiger partial charge in [0.05, 0.1) is 10.6 Å². The Morgan fingerprint density at radius 2 is 1.87 bits per heavy atom. The number of amides is 1. The molecule has 0 saturated heterocycles. The highest BCUT2D eigenvalue weighted by Gasteiger charge is 2.18. The molecule has 0 fully saturated rings. The van der Waals surface area contributed by atoms with E-state index in [9.17, 15) is 13.2 Å². The van der Waals surface area contributed by atoms with Gasteiger partial charge in [0, 0.05) is 5.69 Å². The molecule has 7 nitrogen and oxygen atoms in total. The van der Waals surface area contributed by atoms with Gasteiger partial charge in [-0.05, 0) is 45.4 Å². The molecule has 0 aliphatic rings. The Morgan fingerprint density at radius 3 is 2.43 bits per heavy atom. The van der Waals surface area contributed by atoms with E-state index in [0.717, 1.165) is 17.0 Å². The SMILES string of the molecule is Cc1ccc(S(=O)(=O)NNC(=O)Cn2nc(C)cc2C)c(C)c1. The fourth-order valence-corrected chi connectivity index (χ4v) is 3.38. The largest absolute Gasteiger partial charge is 0.276 e. The van der Waals surface area contributed by atoms with Crippen LogP contribution in [0.5, 0.6) is 0 Å². The Kier molecular flexibility index (Phi) is 4.86. The molecule has 124 valence electrons. The van der Waals surface area contributed by atoms with Gasteiger partial charge in [-0.2, -0.15) is 5.10 Å². The highest BCUT2D eigenvalue weighted by Crippen LogP contribution is 2.15. The van der Waals surface area contributed by atoms with Crippen LogP contribution in [0.1, 0.15) is 22.5 Å². The Hall–Kier alpha value is -2.19. The number of nitrogens with zero attached hydrogens (tertiary/aromatic N) is 2. The standard InChI is InChI=1S/C15H20N4O3S/c1-10-5-6-14(11(2)7-10)23(21,22)18-16-15(20)9-19-13(4)8-12(3)17-19/h5-8,18H,9H2,1-4H3,(H,16,20). The van der Waals surface area contributed by atoms with Gasteiger partial charge in [0.2, 0.25) is 0 Å². The van der Waals surface area contributed by atoms with E-state index < -0.39 is 15.9 Å². The summed E-state index contributed by atoms with van der Waals surface area (Å²) in [5.74, 6) is -0.496. The van der Waals surface area contributed by atoms with Crippen LogP contribution in [0.15, 0.2) is 29.2 Å². The summed E-state index contributed by atoms with van der Waals surface area (Å²) in [5, 5.41) is 4.16. The number of hydrazine groups is 1. The van der Waals surface area contributed by atoms with E-state index in [4.69, 9.17) is 0 Å². The zero-order valence-corrected chi connectivity index (χ0v) is 14.4. The van der Waals surface area contributed by atoms with Gasteiger partial charge in [-0.3, -0.25) is 14.9 Å². The average molecular weight is 336 g/mol. The molecule has 2 N–H and O–H groups in total. The molecule has 0 bridgehead atoms. The molecular weight excluding hydrogens is 316 g/mol. The summed E-state index contributed by atoms with van der Waals surface area (Å²) >= 11 is 0. The van der Waals surface area contributed by atoms with Crippen LogP contribution in [0.25, 0.3) is 0 Å². The molecule has 0 atom stereocenters. The maximum Gasteiger partial charge on any atom is 0.257 e. The molecule has 2 rings (SSSR count). The Bertz CT molecular complexity index is 840. The first kappa shape index (κ1) is 17.2. The van der Waals surface area contributed by atoms with Crippen LogP contribution in [-0.2, 0) is 21.4 Å². The third kappa shape index (κ3) is 4.17. The fourth-order valence-electron chi connectivity index (χ4n) is 2.29. The van der Waals surface area contributed by atoms with Gasteiger partial charge < -0.3 is 0 Å². The monoisotopic (exact) mass is 336 g/mol. The van der Waals surface area contributed by atoms with Crippen molar-refractivity contribution in [1.29, 1.82) is 0 Å².